The lowest BCUT2D eigenvalue weighted by Gasteiger charge is -2.09. The molecule has 6 nitrogen and oxygen atoms in total. The molecule has 0 aromatic carbocycles. The summed E-state index contributed by atoms with van der Waals surface area (Å²) in [6, 6.07) is 4.15. The van der Waals surface area contributed by atoms with Crippen LogP contribution in [0.3, 0.4) is 0 Å². The van der Waals surface area contributed by atoms with Gasteiger partial charge < -0.3 is 0 Å². The van der Waals surface area contributed by atoms with Crippen LogP contribution in [0.1, 0.15) is 28.2 Å². The summed E-state index contributed by atoms with van der Waals surface area (Å²) in [6.07, 6.45) is -6.47. The number of carbonyl (C=O) groups is 2. The van der Waals surface area contributed by atoms with Crippen molar-refractivity contribution in [1.29, 1.82) is 5.26 Å². The molecule has 0 aliphatic rings. The van der Waals surface area contributed by atoms with E-state index in [1.165, 1.54) is 6.07 Å². The van der Waals surface area contributed by atoms with E-state index in [4.69, 9.17) is 16.9 Å². The highest BCUT2D eigenvalue weighted by Gasteiger charge is 2.39. The number of carbonyl (C=O) groups excluding carboxylic acids is 2. The highest BCUT2D eigenvalue weighted by Crippen LogP contribution is 2.30. The van der Waals surface area contributed by atoms with Gasteiger partial charge >= 0.3 is 6.18 Å². The number of aromatic nitrogens is 3. The lowest BCUT2D eigenvalue weighted by atomic mass is 9.98. The number of rotatable bonds is 4. The van der Waals surface area contributed by atoms with E-state index in [1.807, 2.05) is 0 Å². The van der Waals surface area contributed by atoms with Gasteiger partial charge in [0.25, 0.3) is 0 Å². The number of hydrogen-bond acceptors (Lipinski definition) is 5. The standard InChI is InChI=1S/C14H8ClF3N4O2/c1-6-12(8(5-19)22-21-6)13-7(2-3-11(15)20-13)9(23)4-10(24)14(16,17)18/h2-3H,4H2,1H3,(H,21,22). The summed E-state index contributed by atoms with van der Waals surface area (Å²) >= 11 is 5.78. The summed E-state index contributed by atoms with van der Waals surface area (Å²) in [7, 11) is 0. The third-order valence-corrected chi connectivity index (χ3v) is 3.30. The van der Waals surface area contributed by atoms with Gasteiger partial charge in [0.05, 0.1) is 17.7 Å². The molecule has 0 saturated carbocycles. The van der Waals surface area contributed by atoms with Crippen molar-refractivity contribution in [2.24, 2.45) is 0 Å². The molecule has 0 amide bonds. The highest BCUT2D eigenvalue weighted by atomic mass is 35.5. The Labute approximate surface area is 138 Å². The van der Waals surface area contributed by atoms with Crippen molar-refractivity contribution in [2.45, 2.75) is 19.5 Å². The van der Waals surface area contributed by atoms with Crippen molar-refractivity contribution < 1.29 is 22.8 Å². The predicted molar refractivity (Wildman–Crippen MR) is 76.3 cm³/mol. The second-order valence-electron chi connectivity index (χ2n) is 4.74. The Morgan fingerprint density at radius 3 is 2.62 bits per heavy atom. The summed E-state index contributed by atoms with van der Waals surface area (Å²) in [4.78, 5) is 27.1. The maximum Gasteiger partial charge on any atom is 0.450 e. The van der Waals surface area contributed by atoms with E-state index in [0.29, 0.717) is 5.69 Å². The fourth-order valence-electron chi connectivity index (χ4n) is 1.99. The van der Waals surface area contributed by atoms with Crippen LogP contribution in [-0.2, 0) is 4.79 Å². The molecule has 0 fully saturated rings. The fraction of sp³-hybridized carbons (Fsp3) is 0.214. The van der Waals surface area contributed by atoms with Crippen molar-refractivity contribution in [3.8, 4) is 17.3 Å². The highest BCUT2D eigenvalue weighted by molar-refractivity contribution is 6.29. The summed E-state index contributed by atoms with van der Waals surface area (Å²) in [5, 5.41) is 15.3. The van der Waals surface area contributed by atoms with Gasteiger partial charge in [0.15, 0.2) is 11.5 Å². The van der Waals surface area contributed by atoms with Crippen molar-refractivity contribution >= 4 is 23.2 Å². The first-order chi connectivity index (χ1) is 11.1. The van der Waals surface area contributed by atoms with Gasteiger partial charge in [-0.1, -0.05) is 11.6 Å². The van der Waals surface area contributed by atoms with Crippen molar-refractivity contribution in [3.63, 3.8) is 0 Å². The Bertz CT molecular complexity index is 868. The summed E-state index contributed by atoms with van der Waals surface area (Å²) < 4.78 is 37.0. The van der Waals surface area contributed by atoms with Gasteiger partial charge in [0, 0.05) is 11.3 Å². The van der Waals surface area contributed by atoms with Crippen LogP contribution in [-0.4, -0.2) is 32.9 Å². The van der Waals surface area contributed by atoms with Gasteiger partial charge in [-0.2, -0.15) is 23.5 Å². The largest absolute Gasteiger partial charge is 0.450 e. The molecule has 0 saturated heterocycles. The zero-order valence-corrected chi connectivity index (χ0v) is 12.8. The molecule has 0 aliphatic carbocycles. The molecule has 24 heavy (non-hydrogen) atoms. The van der Waals surface area contributed by atoms with Gasteiger partial charge in [-0.05, 0) is 19.1 Å². The molecule has 124 valence electrons. The van der Waals surface area contributed by atoms with Crippen LogP contribution < -0.4 is 0 Å². The third-order valence-electron chi connectivity index (χ3n) is 3.09. The quantitative estimate of drug-likeness (QED) is 0.515. The minimum absolute atomic E-state index is 0.0341. The molecule has 10 heteroatoms. The topological polar surface area (TPSA) is 99.5 Å². The molecular formula is C14H8ClF3N4O2. The lowest BCUT2D eigenvalue weighted by Crippen LogP contribution is -2.25. The van der Waals surface area contributed by atoms with Crippen molar-refractivity contribution in [3.05, 3.63) is 34.2 Å². The number of hydrogen-bond donors (Lipinski definition) is 1. The number of aromatic amines is 1. The maximum absolute atomic E-state index is 12.3. The van der Waals surface area contributed by atoms with E-state index in [9.17, 15) is 22.8 Å². The molecule has 0 atom stereocenters. The number of nitriles is 1. The molecular weight excluding hydrogens is 349 g/mol. The first kappa shape index (κ1) is 17.6. The predicted octanol–water partition coefficient (Wildman–Crippen LogP) is 3.01. The average molecular weight is 357 g/mol. The van der Waals surface area contributed by atoms with E-state index in [2.05, 4.69) is 15.2 Å². The van der Waals surface area contributed by atoms with Gasteiger partial charge in [-0.3, -0.25) is 14.7 Å². The maximum atomic E-state index is 12.3. The smallest absolute Gasteiger partial charge is 0.294 e. The van der Waals surface area contributed by atoms with Crippen LogP contribution in [0, 0.1) is 18.3 Å². The van der Waals surface area contributed by atoms with Crippen molar-refractivity contribution in [1.82, 2.24) is 15.2 Å². The normalized spacial score (nSPS) is 11.2. The lowest BCUT2D eigenvalue weighted by molar-refractivity contribution is -0.170. The van der Waals surface area contributed by atoms with Crippen LogP contribution >= 0.6 is 11.6 Å². The molecule has 0 aliphatic heterocycles. The van der Waals surface area contributed by atoms with Crippen molar-refractivity contribution in [2.75, 3.05) is 0 Å². The van der Waals surface area contributed by atoms with E-state index >= 15 is 0 Å². The molecule has 0 spiro atoms. The Hall–Kier alpha value is -2.73. The Balaban J connectivity index is 2.54. The molecule has 0 unspecified atom stereocenters. The number of ketones is 2. The number of pyridine rings is 1. The van der Waals surface area contributed by atoms with Gasteiger partial charge in [0.2, 0.25) is 5.78 Å². The van der Waals surface area contributed by atoms with E-state index in [1.54, 1.807) is 13.0 Å². The van der Waals surface area contributed by atoms with E-state index in [0.717, 1.165) is 6.07 Å². The molecule has 2 rings (SSSR count). The summed E-state index contributed by atoms with van der Waals surface area (Å²) in [5.74, 6) is -3.25. The number of nitrogens with one attached hydrogen (secondary N) is 1. The van der Waals surface area contributed by atoms with Crippen LogP contribution in [0.4, 0.5) is 13.2 Å². The number of halogens is 4. The minimum atomic E-state index is -5.11. The first-order valence-corrected chi connectivity index (χ1v) is 6.78. The monoisotopic (exact) mass is 356 g/mol. The zero-order valence-electron chi connectivity index (χ0n) is 12.0. The Morgan fingerprint density at radius 2 is 2.04 bits per heavy atom. The van der Waals surface area contributed by atoms with Crippen LogP contribution in [0.2, 0.25) is 5.15 Å². The molecule has 2 aromatic heterocycles. The number of H-pyrrole nitrogens is 1. The number of aryl methyl sites for hydroxylation is 1. The average Bonchev–Trinajstić information content (AvgIpc) is 2.86. The molecule has 2 aromatic rings. The van der Waals surface area contributed by atoms with Crippen LogP contribution in [0.5, 0.6) is 0 Å². The molecule has 0 bridgehead atoms. The summed E-state index contributed by atoms with van der Waals surface area (Å²) in [5.41, 5.74) is 0.0575. The Kier molecular flexibility index (Phi) is 4.71. The summed E-state index contributed by atoms with van der Waals surface area (Å²) in [6.45, 7) is 1.54. The minimum Gasteiger partial charge on any atom is -0.294 e. The third kappa shape index (κ3) is 3.44. The number of alkyl halides is 3. The number of Topliss-reactive ketones (excluding diaryl/α,β-unsaturated/α-hetero) is 2. The number of nitrogens with zero attached hydrogens (tertiary/aromatic N) is 3. The second-order valence-corrected chi connectivity index (χ2v) is 5.12. The van der Waals surface area contributed by atoms with Crippen LogP contribution in [0.25, 0.3) is 11.3 Å². The Morgan fingerprint density at radius 1 is 1.38 bits per heavy atom. The molecule has 2 heterocycles. The molecule has 0 radical (unpaired) electrons. The second kappa shape index (κ2) is 6.41. The van der Waals surface area contributed by atoms with Gasteiger partial charge in [-0.25, -0.2) is 4.98 Å². The van der Waals surface area contributed by atoms with Gasteiger partial charge in [0.1, 0.15) is 11.2 Å². The van der Waals surface area contributed by atoms with Gasteiger partial charge in [-0.15, -0.1) is 0 Å². The SMILES string of the molecule is Cc1[nH]nc(C#N)c1-c1nc(Cl)ccc1C(=O)CC(=O)C(F)(F)F. The van der Waals surface area contributed by atoms with E-state index < -0.39 is 24.2 Å². The molecule has 1 N–H and O–H groups in total. The zero-order chi connectivity index (χ0) is 18.1. The van der Waals surface area contributed by atoms with E-state index in [-0.39, 0.29) is 27.7 Å². The first-order valence-electron chi connectivity index (χ1n) is 6.40. The fourth-order valence-corrected chi connectivity index (χ4v) is 2.14. The van der Waals surface area contributed by atoms with Crippen LogP contribution in [0.15, 0.2) is 12.1 Å².